The molecule has 3 atom stereocenters. The molecule has 2 heteroatoms. The Morgan fingerprint density at radius 1 is 1.00 bits per heavy atom. The normalized spacial score (nSPS) is 17.8. The summed E-state index contributed by atoms with van der Waals surface area (Å²) in [7, 11) is 0. The second-order valence-electron chi connectivity index (χ2n) is 3.46. The van der Waals surface area contributed by atoms with Crippen LogP contribution >= 0.6 is 0 Å². The largest absolute Gasteiger partial charge is 0.393 e. The van der Waals surface area contributed by atoms with Crippen molar-refractivity contribution in [1.82, 2.24) is 0 Å². The van der Waals surface area contributed by atoms with Gasteiger partial charge in [0.05, 0.1) is 12.2 Å². The van der Waals surface area contributed by atoms with Crippen molar-refractivity contribution in [2.75, 3.05) is 0 Å². The number of rotatable bonds is 3. The summed E-state index contributed by atoms with van der Waals surface area (Å²) < 4.78 is 0. The monoisotopic (exact) mass is 180 g/mol. The highest BCUT2D eigenvalue weighted by Gasteiger charge is 2.19. The minimum atomic E-state index is -0.582. The van der Waals surface area contributed by atoms with Gasteiger partial charge >= 0.3 is 0 Å². The van der Waals surface area contributed by atoms with Crippen LogP contribution in [0.2, 0.25) is 0 Å². The quantitative estimate of drug-likeness (QED) is 0.743. The van der Waals surface area contributed by atoms with Crippen molar-refractivity contribution in [2.24, 2.45) is 5.92 Å². The van der Waals surface area contributed by atoms with Crippen molar-refractivity contribution in [1.29, 1.82) is 0 Å². The predicted octanol–water partition coefficient (Wildman–Crippen LogP) is 1.74. The molecule has 1 aromatic carbocycles. The lowest BCUT2D eigenvalue weighted by molar-refractivity contribution is 0.0307. The summed E-state index contributed by atoms with van der Waals surface area (Å²) in [5.74, 6) is -0.137. The van der Waals surface area contributed by atoms with E-state index in [1.54, 1.807) is 6.92 Å². The van der Waals surface area contributed by atoms with Gasteiger partial charge in [-0.15, -0.1) is 0 Å². The molecule has 13 heavy (non-hydrogen) atoms. The van der Waals surface area contributed by atoms with Crippen LogP contribution < -0.4 is 0 Å². The van der Waals surface area contributed by atoms with E-state index in [2.05, 4.69) is 0 Å². The zero-order valence-electron chi connectivity index (χ0n) is 8.01. The molecule has 0 saturated heterocycles. The molecule has 0 heterocycles. The first-order valence-electron chi connectivity index (χ1n) is 4.54. The number of hydrogen-bond donors (Lipinski definition) is 2. The van der Waals surface area contributed by atoms with E-state index in [0.717, 1.165) is 5.56 Å². The van der Waals surface area contributed by atoms with E-state index >= 15 is 0 Å². The van der Waals surface area contributed by atoms with Crippen LogP contribution in [0.5, 0.6) is 0 Å². The molecule has 0 unspecified atom stereocenters. The molecule has 0 aliphatic heterocycles. The smallest absolute Gasteiger partial charge is 0.0840 e. The van der Waals surface area contributed by atoms with Crippen molar-refractivity contribution in [2.45, 2.75) is 26.1 Å². The summed E-state index contributed by atoms with van der Waals surface area (Å²) in [4.78, 5) is 0. The molecule has 0 aliphatic carbocycles. The fourth-order valence-electron chi connectivity index (χ4n) is 1.22. The van der Waals surface area contributed by atoms with E-state index in [9.17, 15) is 10.2 Å². The zero-order chi connectivity index (χ0) is 9.84. The molecule has 0 amide bonds. The van der Waals surface area contributed by atoms with E-state index in [4.69, 9.17) is 0 Å². The Morgan fingerprint density at radius 2 is 1.54 bits per heavy atom. The van der Waals surface area contributed by atoms with Crippen LogP contribution in [0.3, 0.4) is 0 Å². The number of aliphatic hydroxyl groups excluding tert-OH is 2. The maximum atomic E-state index is 9.80. The van der Waals surface area contributed by atoms with Crippen molar-refractivity contribution in [3.8, 4) is 0 Å². The van der Waals surface area contributed by atoms with Crippen LogP contribution in [0, 0.1) is 5.92 Å². The van der Waals surface area contributed by atoms with Crippen LogP contribution in [0.1, 0.15) is 25.5 Å². The molecule has 2 N–H and O–H groups in total. The maximum absolute atomic E-state index is 9.80. The first kappa shape index (κ1) is 10.2. The minimum absolute atomic E-state index is 0.137. The molecular formula is C11H16O2. The van der Waals surface area contributed by atoms with Gasteiger partial charge in [-0.25, -0.2) is 0 Å². The molecule has 0 spiro atoms. The Balaban J connectivity index is 2.73. The topological polar surface area (TPSA) is 40.5 Å². The van der Waals surface area contributed by atoms with Gasteiger partial charge < -0.3 is 10.2 Å². The molecular weight excluding hydrogens is 164 g/mol. The third kappa shape index (κ3) is 2.54. The van der Waals surface area contributed by atoms with Gasteiger partial charge in [0, 0.05) is 5.92 Å². The van der Waals surface area contributed by atoms with E-state index in [-0.39, 0.29) is 5.92 Å². The Kier molecular flexibility index (Phi) is 3.46. The summed E-state index contributed by atoms with van der Waals surface area (Å²) >= 11 is 0. The molecule has 0 bridgehead atoms. The first-order valence-corrected chi connectivity index (χ1v) is 4.54. The van der Waals surface area contributed by atoms with Gasteiger partial charge in [0.2, 0.25) is 0 Å². The summed E-state index contributed by atoms with van der Waals surface area (Å²) in [6.45, 7) is 3.53. The van der Waals surface area contributed by atoms with E-state index in [1.165, 1.54) is 0 Å². The highest BCUT2D eigenvalue weighted by molar-refractivity contribution is 5.17. The van der Waals surface area contributed by atoms with Gasteiger partial charge in [-0.3, -0.25) is 0 Å². The number of benzene rings is 1. The second kappa shape index (κ2) is 4.40. The summed E-state index contributed by atoms with van der Waals surface area (Å²) in [6.07, 6.45) is -1.07. The Morgan fingerprint density at radius 3 is 2.00 bits per heavy atom. The molecule has 0 aliphatic rings. The lowest BCUT2D eigenvalue weighted by atomic mass is 9.93. The van der Waals surface area contributed by atoms with Gasteiger partial charge in [-0.1, -0.05) is 37.3 Å². The highest BCUT2D eigenvalue weighted by Crippen LogP contribution is 2.23. The first-order chi connectivity index (χ1) is 6.13. The van der Waals surface area contributed by atoms with Crippen LogP contribution in [-0.4, -0.2) is 16.3 Å². The lowest BCUT2D eigenvalue weighted by Crippen LogP contribution is -2.20. The number of aliphatic hydroxyl groups is 2. The molecule has 1 aromatic rings. The molecule has 72 valence electrons. The van der Waals surface area contributed by atoms with Gasteiger partial charge in [0.15, 0.2) is 0 Å². The standard InChI is InChI=1S/C11H16O2/c1-8(9(2)12)11(13)10-6-4-3-5-7-10/h3-9,11-13H,1-2H3/t8-,9-,11+/m1/s1. The van der Waals surface area contributed by atoms with Crippen molar-refractivity contribution < 1.29 is 10.2 Å². The third-order valence-electron chi connectivity index (χ3n) is 2.40. The average molecular weight is 180 g/mol. The van der Waals surface area contributed by atoms with Crippen LogP contribution in [0.4, 0.5) is 0 Å². The van der Waals surface area contributed by atoms with Crippen LogP contribution in [0.25, 0.3) is 0 Å². The van der Waals surface area contributed by atoms with Gasteiger partial charge in [-0.2, -0.15) is 0 Å². The summed E-state index contributed by atoms with van der Waals surface area (Å²) in [5.41, 5.74) is 0.857. The molecule has 0 radical (unpaired) electrons. The van der Waals surface area contributed by atoms with E-state index in [0.29, 0.717) is 0 Å². The summed E-state index contributed by atoms with van der Waals surface area (Å²) in [6, 6.07) is 9.40. The summed E-state index contributed by atoms with van der Waals surface area (Å²) in [5, 5.41) is 19.1. The Hall–Kier alpha value is -0.860. The van der Waals surface area contributed by atoms with Gasteiger partial charge in [0.25, 0.3) is 0 Å². The van der Waals surface area contributed by atoms with E-state index < -0.39 is 12.2 Å². The fraction of sp³-hybridized carbons (Fsp3) is 0.455. The molecule has 1 rings (SSSR count). The zero-order valence-corrected chi connectivity index (χ0v) is 8.01. The average Bonchev–Trinajstić information content (AvgIpc) is 2.17. The molecule has 0 fully saturated rings. The molecule has 2 nitrogen and oxygen atoms in total. The Labute approximate surface area is 78.8 Å². The minimum Gasteiger partial charge on any atom is -0.393 e. The Bertz CT molecular complexity index is 244. The van der Waals surface area contributed by atoms with Crippen LogP contribution in [-0.2, 0) is 0 Å². The van der Waals surface area contributed by atoms with Gasteiger partial charge in [-0.05, 0) is 12.5 Å². The second-order valence-corrected chi connectivity index (χ2v) is 3.46. The highest BCUT2D eigenvalue weighted by atomic mass is 16.3. The van der Waals surface area contributed by atoms with E-state index in [1.807, 2.05) is 37.3 Å². The van der Waals surface area contributed by atoms with Crippen molar-refractivity contribution >= 4 is 0 Å². The van der Waals surface area contributed by atoms with Gasteiger partial charge in [0.1, 0.15) is 0 Å². The fourth-order valence-corrected chi connectivity index (χ4v) is 1.22. The molecule has 0 saturated carbocycles. The SMILES string of the molecule is C[C@@H]([C@H](O)c1ccccc1)[C@@H](C)O. The van der Waals surface area contributed by atoms with Crippen LogP contribution in [0.15, 0.2) is 30.3 Å². The maximum Gasteiger partial charge on any atom is 0.0840 e. The van der Waals surface area contributed by atoms with Crippen molar-refractivity contribution in [3.63, 3.8) is 0 Å². The van der Waals surface area contributed by atoms with Crippen molar-refractivity contribution in [3.05, 3.63) is 35.9 Å². The number of hydrogen-bond acceptors (Lipinski definition) is 2. The molecule has 0 aromatic heterocycles. The predicted molar refractivity (Wildman–Crippen MR) is 52.2 cm³/mol. The third-order valence-corrected chi connectivity index (χ3v) is 2.40. The lowest BCUT2D eigenvalue weighted by Gasteiger charge is -2.21.